The molecule has 1 amide bonds. The van der Waals surface area contributed by atoms with E-state index in [1.165, 1.54) is 0 Å². The second-order valence-electron chi connectivity index (χ2n) is 6.30. The Bertz CT molecular complexity index is 1070. The van der Waals surface area contributed by atoms with Crippen LogP contribution in [0.5, 0.6) is 0 Å². The first-order valence-corrected chi connectivity index (χ1v) is 8.63. The summed E-state index contributed by atoms with van der Waals surface area (Å²) in [5.74, 6) is -0.148. The molecular formula is C22H18N4O. The number of anilines is 1. The van der Waals surface area contributed by atoms with Crippen LogP contribution in [0.4, 0.5) is 5.69 Å². The van der Waals surface area contributed by atoms with E-state index in [0.29, 0.717) is 5.56 Å². The van der Waals surface area contributed by atoms with Crippen LogP contribution in [0.3, 0.4) is 0 Å². The van der Waals surface area contributed by atoms with E-state index in [9.17, 15) is 4.79 Å². The second kappa shape index (κ2) is 7.25. The molecule has 0 unspecified atom stereocenters. The zero-order chi connectivity index (χ0) is 18.6. The lowest BCUT2D eigenvalue weighted by molar-refractivity contribution is 0.102. The van der Waals surface area contributed by atoms with Gasteiger partial charge in [0.15, 0.2) is 0 Å². The summed E-state index contributed by atoms with van der Waals surface area (Å²) >= 11 is 0. The van der Waals surface area contributed by atoms with Gasteiger partial charge in [0, 0.05) is 34.8 Å². The number of benzene rings is 2. The van der Waals surface area contributed by atoms with Crippen molar-refractivity contribution < 1.29 is 4.79 Å². The fourth-order valence-electron chi connectivity index (χ4n) is 2.91. The molecule has 4 aromatic rings. The van der Waals surface area contributed by atoms with Gasteiger partial charge < -0.3 is 5.32 Å². The van der Waals surface area contributed by atoms with Crippen LogP contribution in [0.2, 0.25) is 0 Å². The maximum atomic E-state index is 12.6. The minimum atomic E-state index is -0.148. The smallest absolute Gasteiger partial charge is 0.255 e. The van der Waals surface area contributed by atoms with Crippen molar-refractivity contribution in [1.29, 1.82) is 0 Å². The lowest BCUT2D eigenvalue weighted by atomic mass is 10.0. The standard InChI is InChI=1S/C22H18N4O/c1-15-5-7-19(8-6-15)25-22(27)18-4-2-3-17(13-18)21-20(14-24-26-21)16-9-11-23-12-10-16/h2-14H,1H3,(H,24,26)(H,25,27). The zero-order valence-electron chi connectivity index (χ0n) is 14.8. The van der Waals surface area contributed by atoms with E-state index in [1.807, 2.05) is 61.5 Å². The molecule has 5 nitrogen and oxygen atoms in total. The van der Waals surface area contributed by atoms with Gasteiger partial charge in [0.2, 0.25) is 0 Å². The molecule has 132 valence electrons. The summed E-state index contributed by atoms with van der Waals surface area (Å²) in [5.41, 5.74) is 6.26. The average molecular weight is 354 g/mol. The van der Waals surface area contributed by atoms with E-state index in [-0.39, 0.29) is 5.91 Å². The molecule has 0 bridgehead atoms. The predicted octanol–water partition coefficient (Wildman–Crippen LogP) is 4.70. The molecule has 0 aliphatic carbocycles. The van der Waals surface area contributed by atoms with Crippen LogP contribution in [0.1, 0.15) is 15.9 Å². The van der Waals surface area contributed by atoms with Gasteiger partial charge in [-0.25, -0.2) is 0 Å². The number of H-pyrrole nitrogens is 1. The van der Waals surface area contributed by atoms with Gasteiger partial charge >= 0.3 is 0 Å². The number of amides is 1. The molecule has 0 aliphatic rings. The van der Waals surface area contributed by atoms with Crippen molar-refractivity contribution in [1.82, 2.24) is 15.2 Å². The van der Waals surface area contributed by atoms with E-state index in [1.54, 1.807) is 24.7 Å². The van der Waals surface area contributed by atoms with Crippen LogP contribution in [-0.4, -0.2) is 21.1 Å². The molecule has 2 aromatic carbocycles. The summed E-state index contributed by atoms with van der Waals surface area (Å²) in [7, 11) is 0. The van der Waals surface area contributed by atoms with Crippen LogP contribution < -0.4 is 5.32 Å². The number of carbonyl (C=O) groups is 1. The Balaban J connectivity index is 1.63. The number of hydrogen-bond donors (Lipinski definition) is 2. The minimum absolute atomic E-state index is 0.148. The fraction of sp³-hybridized carbons (Fsp3) is 0.0455. The third-order valence-corrected chi connectivity index (χ3v) is 4.35. The molecule has 0 fully saturated rings. The quantitative estimate of drug-likeness (QED) is 0.558. The Hall–Kier alpha value is -3.73. The van der Waals surface area contributed by atoms with Crippen molar-refractivity contribution in [3.8, 4) is 22.4 Å². The summed E-state index contributed by atoms with van der Waals surface area (Å²) < 4.78 is 0. The van der Waals surface area contributed by atoms with Crippen molar-refractivity contribution in [2.75, 3.05) is 5.32 Å². The molecule has 2 aromatic heterocycles. The normalized spacial score (nSPS) is 10.6. The molecule has 2 N–H and O–H groups in total. The number of aromatic amines is 1. The van der Waals surface area contributed by atoms with Gasteiger partial charge in [-0.1, -0.05) is 29.8 Å². The summed E-state index contributed by atoms with van der Waals surface area (Å²) in [5, 5.41) is 10.2. The van der Waals surface area contributed by atoms with Crippen LogP contribution in [0.15, 0.2) is 79.3 Å². The first kappa shape index (κ1) is 16.7. The Morgan fingerprint density at radius 3 is 2.52 bits per heavy atom. The Morgan fingerprint density at radius 1 is 0.963 bits per heavy atom. The lowest BCUT2D eigenvalue weighted by Gasteiger charge is -2.08. The van der Waals surface area contributed by atoms with Crippen molar-refractivity contribution >= 4 is 11.6 Å². The maximum Gasteiger partial charge on any atom is 0.255 e. The van der Waals surface area contributed by atoms with Gasteiger partial charge in [-0.3, -0.25) is 14.9 Å². The fourth-order valence-corrected chi connectivity index (χ4v) is 2.91. The van der Waals surface area contributed by atoms with Crippen molar-refractivity contribution in [2.45, 2.75) is 6.92 Å². The molecule has 2 heterocycles. The number of nitrogens with zero attached hydrogens (tertiary/aromatic N) is 2. The van der Waals surface area contributed by atoms with E-state index in [2.05, 4.69) is 20.5 Å². The number of pyridine rings is 1. The molecule has 0 radical (unpaired) electrons. The van der Waals surface area contributed by atoms with Crippen LogP contribution in [-0.2, 0) is 0 Å². The number of carbonyl (C=O) groups excluding carboxylic acids is 1. The largest absolute Gasteiger partial charge is 0.322 e. The van der Waals surface area contributed by atoms with E-state index < -0.39 is 0 Å². The van der Waals surface area contributed by atoms with E-state index >= 15 is 0 Å². The van der Waals surface area contributed by atoms with E-state index in [0.717, 1.165) is 33.6 Å². The highest BCUT2D eigenvalue weighted by atomic mass is 16.1. The first-order chi connectivity index (χ1) is 13.2. The molecule has 0 atom stereocenters. The molecule has 0 aliphatic heterocycles. The number of rotatable bonds is 4. The third-order valence-electron chi connectivity index (χ3n) is 4.35. The summed E-state index contributed by atoms with van der Waals surface area (Å²) in [6, 6.07) is 19.1. The molecule has 4 rings (SSSR count). The molecule has 0 spiro atoms. The first-order valence-electron chi connectivity index (χ1n) is 8.63. The highest BCUT2D eigenvalue weighted by Crippen LogP contribution is 2.30. The minimum Gasteiger partial charge on any atom is -0.322 e. The highest BCUT2D eigenvalue weighted by molar-refractivity contribution is 6.05. The Morgan fingerprint density at radius 2 is 1.74 bits per heavy atom. The van der Waals surface area contributed by atoms with Gasteiger partial charge in [0.05, 0.1) is 11.9 Å². The molecule has 0 saturated heterocycles. The molecule has 5 heteroatoms. The predicted molar refractivity (Wildman–Crippen MR) is 106 cm³/mol. The number of hydrogen-bond acceptors (Lipinski definition) is 3. The highest BCUT2D eigenvalue weighted by Gasteiger charge is 2.12. The van der Waals surface area contributed by atoms with Gasteiger partial charge in [0.1, 0.15) is 0 Å². The van der Waals surface area contributed by atoms with Gasteiger partial charge in [0.25, 0.3) is 5.91 Å². The van der Waals surface area contributed by atoms with Crippen molar-refractivity contribution in [2.24, 2.45) is 0 Å². The van der Waals surface area contributed by atoms with Gasteiger partial charge in [-0.05, 0) is 48.9 Å². The Labute approximate surface area is 157 Å². The second-order valence-corrected chi connectivity index (χ2v) is 6.30. The van der Waals surface area contributed by atoms with Crippen LogP contribution >= 0.6 is 0 Å². The Kier molecular flexibility index (Phi) is 4.49. The number of aryl methyl sites for hydroxylation is 1. The monoisotopic (exact) mass is 354 g/mol. The van der Waals surface area contributed by atoms with E-state index in [4.69, 9.17) is 0 Å². The summed E-state index contributed by atoms with van der Waals surface area (Å²) in [6.45, 7) is 2.01. The number of nitrogens with one attached hydrogen (secondary N) is 2. The lowest BCUT2D eigenvalue weighted by Crippen LogP contribution is -2.11. The van der Waals surface area contributed by atoms with Crippen LogP contribution in [0.25, 0.3) is 22.4 Å². The summed E-state index contributed by atoms with van der Waals surface area (Å²) in [6.07, 6.45) is 5.28. The molecular weight excluding hydrogens is 336 g/mol. The van der Waals surface area contributed by atoms with Crippen molar-refractivity contribution in [3.63, 3.8) is 0 Å². The van der Waals surface area contributed by atoms with Crippen LogP contribution in [0, 0.1) is 6.92 Å². The molecule has 27 heavy (non-hydrogen) atoms. The SMILES string of the molecule is Cc1ccc(NC(=O)c2cccc(-c3[nH]ncc3-c3ccncc3)c2)cc1. The molecule has 0 saturated carbocycles. The van der Waals surface area contributed by atoms with Gasteiger partial charge in [-0.2, -0.15) is 5.10 Å². The average Bonchev–Trinajstić information content (AvgIpc) is 3.20. The number of aromatic nitrogens is 3. The maximum absolute atomic E-state index is 12.6. The van der Waals surface area contributed by atoms with Gasteiger partial charge in [-0.15, -0.1) is 0 Å². The summed E-state index contributed by atoms with van der Waals surface area (Å²) in [4.78, 5) is 16.7. The topological polar surface area (TPSA) is 70.7 Å². The van der Waals surface area contributed by atoms with Crippen molar-refractivity contribution in [3.05, 3.63) is 90.4 Å². The zero-order valence-corrected chi connectivity index (χ0v) is 14.8. The third kappa shape index (κ3) is 3.62.